The molecule has 6 heteroatoms. The number of benzene rings is 1. The summed E-state index contributed by atoms with van der Waals surface area (Å²) in [6, 6.07) is 6.44. The van der Waals surface area contributed by atoms with Gasteiger partial charge in [-0.25, -0.2) is 0 Å². The maximum Gasteiger partial charge on any atom is 0.179 e. The smallest absolute Gasteiger partial charge is 0.179 e. The van der Waals surface area contributed by atoms with Crippen molar-refractivity contribution in [2.75, 3.05) is 0 Å². The van der Waals surface area contributed by atoms with Crippen LogP contribution in [0.15, 0.2) is 31.9 Å². The van der Waals surface area contributed by atoms with Crippen molar-refractivity contribution in [3.8, 4) is 0 Å². The van der Waals surface area contributed by atoms with E-state index in [1.54, 1.807) is 23.1 Å². The molecule has 2 aromatic rings. The Hall–Kier alpha value is -0.430. The highest BCUT2D eigenvalue weighted by Crippen LogP contribution is 2.35. The first-order valence-electron chi connectivity index (χ1n) is 6.35. The summed E-state index contributed by atoms with van der Waals surface area (Å²) in [5.41, 5.74) is 1.40. The zero-order valence-corrected chi connectivity index (χ0v) is 15.2. The second-order valence-electron chi connectivity index (χ2n) is 5.56. The largest absolute Gasteiger partial charge is 0.308 e. The molecule has 0 amide bonds. The lowest BCUT2D eigenvalue weighted by molar-refractivity contribution is 0.424. The van der Waals surface area contributed by atoms with Crippen LogP contribution in [0.4, 0.5) is 0 Å². The van der Waals surface area contributed by atoms with E-state index in [0.717, 1.165) is 20.4 Å². The molecular weight excluding hydrogens is 354 g/mol. The molecule has 0 aliphatic carbocycles. The predicted octanol–water partition coefficient (Wildman–Crippen LogP) is 4.65. The van der Waals surface area contributed by atoms with Gasteiger partial charge in [0.2, 0.25) is 0 Å². The molecular formula is C14H18BrN3S2. The zero-order chi connectivity index (χ0) is 14.8. The van der Waals surface area contributed by atoms with E-state index in [1.165, 1.54) is 10.5 Å². The highest BCUT2D eigenvalue weighted by molar-refractivity contribution is 9.10. The molecule has 1 aromatic carbocycles. The van der Waals surface area contributed by atoms with Crippen molar-refractivity contribution in [2.45, 2.75) is 49.0 Å². The third kappa shape index (κ3) is 4.84. The molecule has 0 unspecified atom stereocenters. The quantitative estimate of drug-likeness (QED) is 0.848. The van der Waals surface area contributed by atoms with Gasteiger partial charge in [-0.2, -0.15) is 0 Å². The Bertz CT molecular complexity index is 590. The molecule has 20 heavy (non-hydrogen) atoms. The first-order chi connectivity index (χ1) is 9.33. The summed E-state index contributed by atoms with van der Waals surface area (Å²) in [4.78, 5) is 1.17. The number of nitrogens with one attached hydrogen (secondary N) is 1. The van der Waals surface area contributed by atoms with Gasteiger partial charge in [0.1, 0.15) is 5.01 Å². The Morgan fingerprint density at radius 3 is 2.60 bits per heavy atom. The van der Waals surface area contributed by atoms with Gasteiger partial charge in [-0.15, -0.1) is 10.2 Å². The van der Waals surface area contributed by atoms with Crippen LogP contribution >= 0.6 is 39.0 Å². The average Bonchev–Trinajstić information content (AvgIpc) is 2.74. The first-order valence-corrected chi connectivity index (χ1v) is 8.77. The molecule has 0 saturated carbocycles. The Labute approximate surface area is 136 Å². The van der Waals surface area contributed by atoms with Gasteiger partial charge in [0, 0.05) is 21.5 Å². The average molecular weight is 372 g/mol. The number of hydrogen-bond acceptors (Lipinski definition) is 5. The van der Waals surface area contributed by atoms with Crippen LogP contribution in [0.2, 0.25) is 0 Å². The van der Waals surface area contributed by atoms with Gasteiger partial charge in [-0.1, -0.05) is 29.2 Å². The monoisotopic (exact) mass is 371 g/mol. The van der Waals surface area contributed by atoms with Crippen molar-refractivity contribution in [1.82, 2.24) is 15.5 Å². The zero-order valence-electron chi connectivity index (χ0n) is 12.0. The number of aryl methyl sites for hydroxylation is 1. The van der Waals surface area contributed by atoms with Crippen LogP contribution in [0.1, 0.15) is 31.3 Å². The molecule has 0 atom stereocenters. The molecule has 1 aromatic heterocycles. The molecule has 2 rings (SSSR count). The maximum absolute atomic E-state index is 4.14. The van der Waals surface area contributed by atoms with Gasteiger partial charge in [0.15, 0.2) is 4.34 Å². The van der Waals surface area contributed by atoms with E-state index < -0.39 is 0 Å². The van der Waals surface area contributed by atoms with E-state index in [1.807, 2.05) is 6.92 Å². The minimum atomic E-state index is 0.129. The normalized spacial score (nSPS) is 11.8. The number of hydrogen-bond donors (Lipinski definition) is 1. The molecule has 3 nitrogen and oxygen atoms in total. The van der Waals surface area contributed by atoms with Crippen molar-refractivity contribution in [2.24, 2.45) is 0 Å². The van der Waals surface area contributed by atoms with E-state index in [9.17, 15) is 0 Å². The first kappa shape index (κ1) is 15.9. The second-order valence-corrected chi connectivity index (χ2v) is 8.88. The predicted molar refractivity (Wildman–Crippen MR) is 89.5 cm³/mol. The van der Waals surface area contributed by atoms with Crippen LogP contribution in [-0.4, -0.2) is 15.7 Å². The van der Waals surface area contributed by atoms with E-state index >= 15 is 0 Å². The van der Waals surface area contributed by atoms with Gasteiger partial charge >= 0.3 is 0 Å². The minimum Gasteiger partial charge on any atom is -0.308 e. The Morgan fingerprint density at radius 1 is 1.30 bits per heavy atom. The molecule has 0 saturated heterocycles. The lowest BCUT2D eigenvalue weighted by Gasteiger charge is -2.20. The van der Waals surface area contributed by atoms with E-state index in [-0.39, 0.29) is 5.54 Å². The van der Waals surface area contributed by atoms with Crippen molar-refractivity contribution in [3.05, 3.63) is 33.2 Å². The molecule has 0 bridgehead atoms. The summed E-state index contributed by atoms with van der Waals surface area (Å²) in [5, 5.41) is 12.7. The van der Waals surface area contributed by atoms with Crippen LogP contribution in [0.25, 0.3) is 0 Å². The van der Waals surface area contributed by atoms with Crippen LogP contribution < -0.4 is 5.32 Å². The van der Waals surface area contributed by atoms with Gasteiger partial charge in [-0.3, -0.25) is 0 Å². The van der Waals surface area contributed by atoms with Gasteiger partial charge < -0.3 is 5.32 Å². The third-order valence-electron chi connectivity index (χ3n) is 2.52. The van der Waals surface area contributed by atoms with Crippen LogP contribution in [0.5, 0.6) is 0 Å². The van der Waals surface area contributed by atoms with Gasteiger partial charge in [0.25, 0.3) is 0 Å². The Morgan fingerprint density at radius 2 is 2.05 bits per heavy atom. The SMILES string of the molecule is Cc1nnc(Sc2ccc(CNC(C)(C)C)cc2Br)s1. The second kappa shape index (κ2) is 6.56. The van der Waals surface area contributed by atoms with Crippen LogP contribution in [-0.2, 0) is 6.54 Å². The lowest BCUT2D eigenvalue weighted by atomic mass is 10.1. The topological polar surface area (TPSA) is 37.8 Å². The maximum atomic E-state index is 4.14. The van der Waals surface area contributed by atoms with Gasteiger partial charge in [0.05, 0.1) is 0 Å². The Kier molecular flexibility index (Phi) is 5.23. The van der Waals surface area contributed by atoms with Crippen molar-refractivity contribution < 1.29 is 0 Å². The summed E-state index contributed by atoms with van der Waals surface area (Å²) in [7, 11) is 0. The summed E-state index contributed by atoms with van der Waals surface area (Å²) >= 11 is 6.90. The Balaban J connectivity index is 2.06. The van der Waals surface area contributed by atoms with Gasteiger partial charge in [-0.05, 0) is 61.3 Å². The summed E-state index contributed by atoms with van der Waals surface area (Å²) in [6.07, 6.45) is 0. The number of aromatic nitrogens is 2. The van der Waals surface area contributed by atoms with Crippen LogP contribution in [0, 0.1) is 6.92 Å². The summed E-state index contributed by atoms with van der Waals surface area (Å²) in [6.45, 7) is 9.35. The van der Waals surface area contributed by atoms with Crippen molar-refractivity contribution in [3.63, 3.8) is 0 Å². The summed E-state index contributed by atoms with van der Waals surface area (Å²) < 4.78 is 2.08. The van der Waals surface area contributed by atoms with E-state index in [4.69, 9.17) is 0 Å². The molecule has 0 radical (unpaired) electrons. The highest BCUT2D eigenvalue weighted by Gasteiger charge is 2.10. The molecule has 0 aliphatic rings. The fourth-order valence-electron chi connectivity index (χ4n) is 1.52. The molecule has 108 valence electrons. The van der Waals surface area contributed by atoms with Crippen LogP contribution in [0.3, 0.4) is 0 Å². The molecule has 1 N–H and O–H groups in total. The molecule has 0 spiro atoms. The van der Waals surface area contributed by atoms with E-state index in [0.29, 0.717) is 0 Å². The number of halogens is 1. The third-order valence-corrected chi connectivity index (χ3v) is 5.41. The standard InChI is InChI=1S/C14H18BrN3S2/c1-9-17-18-13(19-9)20-12-6-5-10(7-11(12)15)8-16-14(2,3)4/h5-7,16H,8H2,1-4H3. The van der Waals surface area contributed by atoms with Crippen molar-refractivity contribution in [1.29, 1.82) is 0 Å². The van der Waals surface area contributed by atoms with Crippen molar-refractivity contribution >= 4 is 39.0 Å². The summed E-state index contributed by atoms with van der Waals surface area (Å²) in [5.74, 6) is 0. The number of nitrogens with zero attached hydrogens (tertiary/aromatic N) is 2. The van der Waals surface area contributed by atoms with E-state index in [2.05, 4.69) is 70.4 Å². The fourth-order valence-corrected chi connectivity index (χ4v) is 3.96. The number of rotatable bonds is 4. The highest BCUT2D eigenvalue weighted by atomic mass is 79.9. The molecule has 0 aliphatic heterocycles. The molecule has 0 fully saturated rings. The fraction of sp³-hybridized carbons (Fsp3) is 0.429. The molecule has 1 heterocycles. The lowest BCUT2D eigenvalue weighted by Crippen LogP contribution is -2.35. The minimum absolute atomic E-state index is 0.129.